The van der Waals surface area contributed by atoms with Gasteiger partial charge < -0.3 is 10.2 Å². The van der Waals surface area contributed by atoms with Gasteiger partial charge in [-0.1, -0.05) is 24.3 Å². The fraction of sp³-hybridized carbons (Fsp3) is 0.154. The molecule has 0 saturated carbocycles. The van der Waals surface area contributed by atoms with Crippen molar-refractivity contribution < 1.29 is 18.0 Å². The lowest BCUT2D eigenvalue weighted by Crippen LogP contribution is -2.30. The van der Waals surface area contributed by atoms with E-state index in [0.29, 0.717) is 5.69 Å². The van der Waals surface area contributed by atoms with Gasteiger partial charge in [0.25, 0.3) is 0 Å². The summed E-state index contributed by atoms with van der Waals surface area (Å²) in [7, 11) is 0. The molecule has 100 valence electrons. The average Bonchev–Trinajstić information content (AvgIpc) is 2.39. The molecule has 0 bridgehead atoms. The van der Waals surface area contributed by atoms with Crippen LogP contribution in [-0.2, 0) is 4.79 Å². The molecule has 1 aliphatic heterocycles. The number of amides is 1. The van der Waals surface area contributed by atoms with Crippen molar-refractivity contribution in [1.82, 2.24) is 0 Å². The van der Waals surface area contributed by atoms with Crippen molar-refractivity contribution in [3.63, 3.8) is 0 Å². The van der Waals surface area contributed by atoms with E-state index in [0.717, 1.165) is 6.42 Å². The van der Waals surface area contributed by atoms with Gasteiger partial charge in [0.1, 0.15) is 0 Å². The van der Waals surface area contributed by atoms with Crippen LogP contribution in [0.15, 0.2) is 48.8 Å². The molecule has 6 heteroatoms. The largest absolute Gasteiger partial charge is 0.471 e. The van der Waals surface area contributed by atoms with Gasteiger partial charge in [-0.3, -0.25) is 4.79 Å². The highest BCUT2D eigenvalue weighted by molar-refractivity contribution is 5.98. The Hall–Kier alpha value is -2.24. The van der Waals surface area contributed by atoms with Gasteiger partial charge in [0.2, 0.25) is 0 Å². The van der Waals surface area contributed by atoms with Crippen LogP contribution in [0.5, 0.6) is 0 Å². The quantitative estimate of drug-likeness (QED) is 0.891. The molecule has 2 rings (SSSR count). The molecule has 1 aromatic rings. The number of hydrogen-bond donors (Lipinski definition) is 1. The van der Waals surface area contributed by atoms with Crippen molar-refractivity contribution in [1.29, 1.82) is 0 Å². The second-order valence-corrected chi connectivity index (χ2v) is 3.88. The lowest BCUT2D eigenvalue weighted by Gasteiger charge is -2.21. The molecule has 0 fully saturated rings. The highest BCUT2D eigenvalue weighted by atomic mass is 19.4. The van der Waals surface area contributed by atoms with Crippen molar-refractivity contribution in [3.8, 4) is 0 Å². The van der Waals surface area contributed by atoms with Gasteiger partial charge >= 0.3 is 12.1 Å². The molecule has 1 heterocycles. The Morgan fingerprint density at radius 2 is 1.79 bits per heavy atom. The van der Waals surface area contributed by atoms with E-state index in [4.69, 9.17) is 0 Å². The molecule has 0 radical (unpaired) electrons. The van der Waals surface area contributed by atoms with Crippen LogP contribution in [0.3, 0.4) is 0 Å². The summed E-state index contributed by atoms with van der Waals surface area (Å²) in [5.74, 6) is -1.98. The van der Waals surface area contributed by atoms with Gasteiger partial charge in [-0.05, 0) is 18.6 Å². The summed E-state index contributed by atoms with van der Waals surface area (Å²) in [5.41, 5.74) is 0.591. The number of halogens is 3. The third-order valence-electron chi connectivity index (χ3n) is 2.49. The molecule has 1 aromatic carbocycles. The average molecular weight is 268 g/mol. The Morgan fingerprint density at radius 1 is 1.16 bits per heavy atom. The summed E-state index contributed by atoms with van der Waals surface area (Å²) in [6.45, 7) is 0. The zero-order valence-electron chi connectivity index (χ0n) is 9.82. The first-order chi connectivity index (χ1) is 8.98. The number of carbonyl (C=O) groups excluding carboxylic acids is 1. The third kappa shape index (κ3) is 3.15. The number of benzene rings is 1. The lowest BCUT2D eigenvalue weighted by atomic mass is 10.2. The summed E-state index contributed by atoms with van der Waals surface area (Å²) in [4.78, 5) is 12.6. The lowest BCUT2D eigenvalue weighted by molar-refractivity contribution is -0.167. The van der Waals surface area contributed by atoms with Gasteiger partial charge in [-0.2, -0.15) is 13.2 Å². The molecule has 0 aromatic heterocycles. The highest BCUT2D eigenvalue weighted by Crippen LogP contribution is 2.29. The minimum Gasteiger partial charge on any atom is -0.323 e. The summed E-state index contributed by atoms with van der Waals surface area (Å²) in [5, 5.41) is 1.87. The van der Waals surface area contributed by atoms with E-state index in [1.54, 1.807) is 35.5 Å². The SMILES string of the molecule is O=C(Nc1ccccc1N1C=CCC=C1)C(F)(F)F. The molecule has 1 aliphatic rings. The van der Waals surface area contributed by atoms with E-state index >= 15 is 0 Å². The number of para-hydroxylation sites is 2. The summed E-state index contributed by atoms with van der Waals surface area (Å²) in [6.07, 6.45) is 3.07. The molecule has 0 saturated heterocycles. The molecule has 0 atom stereocenters. The second kappa shape index (κ2) is 5.17. The maximum absolute atomic E-state index is 12.3. The zero-order valence-corrected chi connectivity index (χ0v) is 9.82. The molecule has 0 aliphatic carbocycles. The Bertz CT molecular complexity index is 523. The number of hydrogen-bond acceptors (Lipinski definition) is 2. The topological polar surface area (TPSA) is 32.3 Å². The smallest absolute Gasteiger partial charge is 0.323 e. The number of nitrogens with one attached hydrogen (secondary N) is 1. The van der Waals surface area contributed by atoms with Gasteiger partial charge in [0.05, 0.1) is 11.4 Å². The minimum absolute atomic E-state index is 0.112. The van der Waals surface area contributed by atoms with Crippen molar-refractivity contribution in [3.05, 3.63) is 48.8 Å². The predicted octanol–water partition coefficient (Wildman–Crippen LogP) is 3.42. The van der Waals surface area contributed by atoms with Crippen LogP contribution >= 0.6 is 0 Å². The van der Waals surface area contributed by atoms with Crippen molar-refractivity contribution >= 4 is 17.3 Å². The first kappa shape index (κ1) is 13.2. The highest BCUT2D eigenvalue weighted by Gasteiger charge is 2.39. The Morgan fingerprint density at radius 3 is 2.42 bits per heavy atom. The van der Waals surface area contributed by atoms with Crippen molar-refractivity contribution in [2.75, 3.05) is 10.2 Å². The van der Waals surface area contributed by atoms with Crippen LogP contribution in [0.4, 0.5) is 24.5 Å². The van der Waals surface area contributed by atoms with Crippen LogP contribution in [0.2, 0.25) is 0 Å². The number of anilines is 2. The molecule has 1 amide bonds. The van der Waals surface area contributed by atoms with E-state index in [1.165, 1.54) is 6.07 Å². The van der Waals surface area contributed by atoms with Crippen molar-refractivity contribution in [2.45, 2.75) is 12.6 Å². The standard InChI is InChI=1S/C13H11F3N2O/c14-13(15,16)12(19)17-10-6-2-3-7-11(10)18-8-4-1-5-9-18/h2-9H,1H2,(H,17,19). The molecular weight excluding hydrogens is 257 g/mol. The van der Waals surface area contributed by atoms with E-state index in [9.17, 15) is 18.0 Å². The van der Waals surface area contributed by atoms with Crippen molar-refractivity contribution in [2.24, 2.45) is 0 Å². The first-order valence-corrected chi connectivity index (χ1v) is 5.57. The molecule has 1 N–H and O–H groups in total. The maximum atomic E-state index is 12.3. The number of nitrogens with zero attached hydrogens (tertiary/aromatic N) is 1. The first-order valence-electron chi connectivity index (χ1n) is 5.57. The monoisotopic (exact) mass is 268 g/mol. The number of carbonyl (C=O) groups is 1. The third-order valence-corrected chi connectivity index (χ3v) is 2.49. The fourth-order valence-electron chi connectivity index (χ4n) is 1.64. The number of rotatable bonds is 2. The maximum Gasteiger partial charge on any atom is 0.471 e. The summed E-state index contributed by atoms with van der Waals surface area (Å²) in [6, 6.07) is 6.31. The molecule has 19 heavy (non-hydrogen) atoms. The molecule has 3 nitrogen and oxygen atoms in total. The van der Waals surface area contributed by atoms with E-state index in [-0.39, 0.29) is 5.69 Å². The normalized spacial score (nSPS) is 14.6. The predicted molar refractivity (Wildman–Crippen MR) is 66.5 cm³/mol. The summed E-state index contributed by atoms with van der Waals surface area (Å²) < 4.78 is 36.8. The molecule has 0 unspecified atom stereocenters. The molecular formula is C13H11F3N2O. The van der Waals surface area contributed by atoms with Crippen LogP contribution in [0, 0.1) is 0 Å². The second-order valence-electron chi connectivity index (χ2n) is 3.88. The van der Waals surface area contributed by atoms with E-state index < -0.39 is 12.1 Å². The van der Waals surface area contributed by atoms with Gasteiger partial charge in [-0.25, -0.2) is 0 Å². The van der Waals surface area contributed by atoms with Crippen LogP contribution in [-0.4, -0.2) is 12.1 Å². The zero-order chi connectivity index (χ0) is 13.9. The van der Waals surface area contributed by atoms with Gasteiger partial charge in [-0.15, -0.1) is 0 Å². The van der Waals surface area contributed by atoms with E-state index in [1.807, 2.05) is 17.5 Å². The van der Waals surface area contributed by atoms with E-state index in [2.05, 4.69) is 0 Å². The Labute approximate surface area is 108 Å². The number of allylic oxidation sites excluding steroid dienone is 2. The Balaban J connectivity index is 2.26. The molecule has 0 spiro atoms. The minimum atomic E-state index is -4.90. The Kier molecular flexibility index (Phi) is 3.59. The van der Waals surface area contributed by atoms with Gasteiger partial charge in [0, 0.05) is 12.4 Å². The summed E-state index contributed by atoms with van der Waals surface area (Å²) >= 11 is 0. The van der Waals surface area contributed by atoms with Gasteiger partial charge in [0.15, 0.2) is 0 Å². The number of alkyl halides is 3. The van der Waals surface area contributed by atoms with Crippen LogP contribution < -0.4 is 10.2 Å². The fourth-order valence-corrected chi connectivity index (χ4v) is 1.64. The van der Waals surface area contributed by atoms with Crippen LogP contribution in [0.25, 0.3) is 0 Å². The van der Waals surface area contributed by atoms with Crippen LogP contribution in [0.1, 0.15) is 6.42 Å².